The highest BCUT2D eigenvalue weighted by Crippen LogP contribution is 2.30. The van der Waals surface area contributed by atoms with Crippen molar-refractivity contribution in [2.45, 2.75) is 26.4 Å². The van der Waals surface area contributed by atoms with Crippen LogP contribution in [0.15, 0.2) is 30.9 Å². The van der Waals surface area contributed by atoms with E-state index in [2.05, 4.69) is 15.0 Å². The molecule has 7 heteroatoms. The molecule has 7 nitrogen and oxygen atoms in total. The van der Waals surface area contributed by atoms with E-state index in [-0.39, 0.29) is 24.2 Å². The first-order valence-corrected chi connectivity index (χ1v) is 6.87. The molecule has 0 amide bonds. The van der Waals surface area contributed by atoms with Crippen LogP contribution in [0.25, 0.3) is 11.4 Å². The predicted molar refractivity (Wildman–Crippen MR) is 78.3 cm³/mol. The van der Waals surface area contributed by atoms with Crippen molar-refractivity contribution in [1.29, 1.82) is 0 Å². The number of rotatable bonds is 6. The third-order valence-corrected chi connectivity index (χ3v) is 2.80. The average Bonchev–Trinajstić information content (AvgIpc) is 2.48. The molecule has 0 spiro atoms. The topological polar surface area (TPSA) is 94.4 Å². The number of hydrogen-bond donors (Lipinski definition) is 1. The highest BCUT2D eigenvalue weighted by Gasteiger charge is 2.13. The van der Waals surface area contributed by atoms with E-state index in [0.29, 0.717) is 23.7 Å². The molecule has 0 saturated heterocycles. The van der Waals surface area contributed by atoms with Crippen molar-refractivity contribution in [2.75, 3.05) is 6.61 Å². The van der Waals surface area contributed by atoms with E-state index in [1.54, 1.807) is 26.0 Å². The van der Waals surface area contributed by atoms with Crippen LogP contribution >= 0.6 is 0 Å². The van der Waals surface area contributed by atoms with Gasteiger partial charge in [0.1, 0.15) is 30.3 Å². The Hall–Kier alpha value is -2.70. The molecular weight excluding hydrogens is 286 g/mol. The fourth-order valence-corrected chi connectivity index (χ4v) is 1.88. The molecule has 2 aromatic rings. The van der Waals surface area contributed by atoms with Gasteiger partial charge in [0.15, 0.2) is 5.82 Å². The normalized spacial score (nSPS) is 11.7. The van der Waals surface area contributed by atoms with Gasteiger partial charge in [0.25, 0.3) is 0 Å². The lowest BCUT2D eigenvalue weighted by atomic mass is 10.1. The number of aromatic nitrogens is 3. The second-order valence-electron chi connectivity index (χ2n) is 4.58. The Balaban J connectivity index is 2.05. The number of carbonyl (C=O) groups is 1. The van der Waals surface area contributed by atoms with Gasteiger partial charge in [0, 0.05) is 6.07 Å². The summed E-state index contributed by atoms with van der Waals surface area (Å²) in [7, 11) is 0. The number of benzene rings is 1. The molecule has 1 N–H and O–H groups in total. The quantitative estimate of drug-likeness (QED) is 0.815. The molecule has 1 aromatic carbocycles. The second-order valence-corrected chi connectivity index (χ2v) is 4.58. The molecule has 1 aromatic heterocycles. The molecule has 0 fully saturated rings. The summed E-state index contributed by atoms with van der Waals surface area (Å²) >= 11 is 0. The standard InChI is InChI=1S/C15H17N3O4/c1-3-21-14(20)6-10(2)22-11-4-5-12(13(19)7-11)15-17-8-16-9-18-15/h4-5,7-10,19H,3,6H2,1-2H3. The zero-order valence-corrected chi connectivity index (χ0v) is 12.4. The maximum absolute atomic E-state index is 11.4. The maximum Gasteiger partial charge on any atom is 0.309 e. The average molecular weight is 303 g/mol. The molecule has 1 atom stereocenters. The van der Waals surface area contributed by atoms with Crippen LogP contribution in [0.4, 0.5) is 0 Å². The molecule has 116 valence electrons. The van der Waals surface area contributed by atoms with Crippen LogP contribution in [0.3, 0.4) is 0 Å². The van der Waals surface area contributed by atoms with Gasteiger partial charge in [-0.15, -0.1) is 0 Å². The number of esters is 1. The van der Waals surface area contributed by atoms with Crippen LogP contribution in [0.5, 0.6) is 11.5 Å². The molecule has 2 rings (SSSR count). The first-order valence-electron chi connectivity index (χ1n) is 6.87. The number of hydrogen-bond acceptors (Lipinski definition) is 7. The Labute approximate surface area is 128 Å². The number of aromatic hydroxyl groups is 1. The summed E-state index contributed by atoms with van der Waals surface area (Å²) in [6, 6.07) is 4.79. The molecular formula is C15H17N3O4. The molecule has 0 aliphatic carbocycles. The second kappa shape index (κ2) is 7.35. The van der Waals surface area contributed by atoms with E-state index in [9.17, 15) is 9.90 Å². The highest BCUT2D eigenvalue weighted by atomic mass is 16.5. The molecule has 0 bridgehead atoms. The van der Waals surface area contributed by atoms with Crippen molar-refractivity contribution < 1.29 is 19.4 Å². The van der Waals surface area contributed by atoms with Crippen molar-refractivity contribution in [3.05, 3.63) is 30.9 Å². The number of phenols is 1. The number of nitrogens with zero attached hydrogens (tertiary/aromatic N) is 3. The molecule has 1 unspecified atom stereocenters. The third-order valence-electron chi connectivity index (χ3n) is 2.80. The van der Waals surface area contributed by atoms with Gasteiger partial charge < -0.3 is 14.6 Å². The minimum absolute atomic E-state index is 0.00738. The van der Waals surface area contributed by atoms with E-state index >= 15 is 0 Å². The van der Waals surface area contributed by atoms with Gasteiger partial charge in [-0.2, -0.15) is 0 Å². The zero-order valence-electron chi connectivity index (χ0n) is 12.4. The summed E-state index contributed by atoms with van der Waals surface area (Å²) in [5.41, 5.74) is 0.479. The van der Waals surface area contributed by atoms with Crippen LogP contribution < -0.4 is 4.74 Å². The maximum atomic E-state index is 11.4. The van der Waals surface area contributed by atoms with E-state index in [1.807, 2.05) is 0 Å². The fraction of sp³-hybridized carbons (Fsp3) is 0.333. The lowest BCUT2D eigenvalue weighted by molar-refractivity contribution is -0.144. The SMILES string of the molecule is CCOC(=O)CC(C)Oc1ccc(-c2ncncn2)c(O)c1. The van der Waals surface area contributed by atoms with Gasteiger partial charge in [-0.3, -0.25) is 4.79 Å². The molecule has 0 radical (unpaired) electrons. The van der Waals surface area contributed by atoms with Crippen LogP contribution in [-0.2, 0) is 9.53 Å². The summed E-state index contributed by atoms with van der Waals surface area (Å²) in [6.45, 7) is 3.85. The molecule has 0 aliphatic rings. The Morgan fingerprint density at radius 3 is 2.68 bits per heavy atom. The van der Waals surface area contributed by atoms with Crippen molar-refractivity contribution in [2.24, 2.45) is 0 Å². The smallest absolute Gasteiger partial charge is 0.309 e. The summed E-state index contributed by atoms with van der Waals surface area (Å²) in [4.78, 5) is 23.1. The van der Waals surface area contributed by atoms with Crippen LogP contribution in [0.2, 0.25) is 0 Å². The number of carbonyl (C=O) groups excluding carboxylic acids is 1. The van der Waals surface area contributed by atoms with Crippen molar-refractivity contribution in [1.82, 2.24) is 15.0 Å². The Kier molecular flexibility index (Phi) is 5.24. The lowest BCUT2D eigenvalue weighted by Gasteiger charge is -2.14. The van der Waals surface area contributed by atoms with E-state index < -0.39 is 0 Å². The van der Waals surface area contributed by atoms with Gasteiger partial charge in [-0.05, 0) is 26.0 Å². The van der Waals surface area contributed by atoms with Gasteiger partial charge >= 0.3 is 5.97 Å². The molecule has 22 heavy (non-hydrogen) atoms. The van der Waals surface area contributed by atoms with Gasteiger partial charge in [-0.1, -0.05) is 0 Å². The zero-order chi connectivity index (χ0) is 15.9. The van der Waals surface area contributed by atoms with E-state index in [1.165, 1.54) is 18.7 Å². The summed E-state index contributed by atoms with van der Waals surface area (Å²) in [6.07, 6.45) is 2.49. The minimum Gasteiger partial charge on any atom is -0.507 e. The first-order chi connectivity index (χ1) is 10.6. The van der Waals surface area contributed by atoms with Crippen LogP contribution in [-0.4, -0.2) is 38.7 Å². The lowest BCUT2D eigenvalue weighted by Crippen LogP contribution is -2.18. The Morgan fingerprint density at radius 2 is 2.05 bits per heavy atom. The van der Waals surface area contributed by atoms with Gasteiger partial charge in [-0.25, -0.2) is 15.0 Å². The monoisotopic (exact) mass is 303 g/mol. The van der Waals surface area contributed by atoms with E-state index in [4.69, 9.17) is 9.47 Å². The number of phenolic OH excluding ortho intramolecular Hbond substituents is 1. The van der Waals surface area contributed by atoms with E-state index in [0.717, 1.165) is 0 Å². The van der Waals surface area contributed by atoms with Crippen LogP contribution in [0, 0.1) is 0 Å². The van der Waals surface area contributed by atoms with Crippen molar-refractivity contribution in [3.8, 4) is 22.9 Å². The summed E-state index contributed by atoms with van der Waals surface area (Å²) < 4.78 is 10.4. The number of ether oxygens (including phenoxy) is 2. The van der Waals surface area contributed by atoms with Crippen LogP contribution in [0.1, 0.15) is 20.3 Å². The molecule has 1 heterocycles. The van der Waals surface area contributed by atoms with Crippen molar-refractivity contribution >= 4 is 5.97 Å². The van der Waals surface area contributed by atoms with Gasteiger partial charge in [0.2, 0.25) is 0 Å². The minimum atomic E-state index is -0.360. The highest BCUT2D eigenvalue weighted by molar-refractivity contribution is 5.70. The summed E-state index contributed by atoms with van der Waals surface area (Å²) in [5.74, 6) is 0.499. The molecule has 0 saturated carbocycles. The Morgan fingerprint density at radius 1 is 1.32 bits per heavy atom. The van der Waals surface area contributed by atoms with Crippen molar-refractivity contribution in [3.63, 3.8) is 0 Å². The largest absolute Gasteiger partial charge is 0.507 e. The summed E-state index contributed by atoms with van der Waals surface area (Å²) in [5, 5.41) is 10.1. The fourth-order valence-electron chi connectivity index (χ4n) is 1.88. The Bertz CT molecular complexity index is 634. The molecule has 0 aliphatic heterocycles. The van der Waals surface area contributed by atoms with Gasteiger partial charge in [0.05, 0.1) is 18.6 Å². The predicted octanol–water partition coefficient (Wildman–Crippen LogP) is 1.96. The first kappa shape index (κ1) is 15.7. The third kappa shape index (κ3) is 4.15.